The highest BCUT2D eigenvalue weighted by atomic mass is 19.1. The zero-order chi connectivity index (χ0) is 16.1. The van der Waals surface area contributed by atoms with Crippen molar-refractivity contribution in [1.82, 2.24) is 14.7 Å². The molecule has 2 aromatic heterocycles. The van der Waals surface area contributed by atoms with Crippen LogP contribution >= 0.6 is 0 Å². The summed E-state index contributed by atoms with van der Waals surface area (Å²) in [6.07, 6.45) is 5.63. The van der Waals surface area contributed by atoms with Crippen LogP contribution in [-0.4, -0.2) is 21.8 Å². The summed E-state index contributed by atoms with van der Waals surface area (Å²) in [7, 11) is 0. The molecule has 3 aromatic rings. The van der Waals surface area contributed by atoms with Gasteiger partial charge in [-0.1, -0.05) is 18.2 Å². The molecule has 0 aliphatic carbocycles. The number of fused-ring (bicyclic) bond motifs is 1. The monoisotopic (exact) mass is 311 g/mol. The molecule has 3 rings (SSSR count). The van der Waals surface area contributed by atoms with Crippen molar-refractivity contribution in [1.29, 1.82) is 0 Å². The average molecular weight is 311 g/mol. The average Bonchev–Trinajstić information content (AvgIpc) is 2.97. The Morgan fingerprint density at radius 1 is 1.13 bits per heavy atom. The number of pyridine rings is 1. The highest BCUT2D eigenvalue weighted by Crippen LogP contribution is 2.06. The molecule has 4 nitrogen and oxygen atoms in total. The molecular formula is C18H18FN3O. The van der Waals surface area contributed by atoms with Gasteiger partial charge < -0.3 is 9.72 Å². The number of rotatable bonds is 6. The van der Waals surface area contributed by atoms with E-state index in [1.54, 1.807) is 12.1 Å². The Morgan fingerprint density at radius 3 is 2.74 bits per heavy atom. The van der Waals surface area contributed by atoms with E-state index < -0.39 is 0 Å². The third kappa shape index (κ3) is 4.16. The van der Waals surface area contributed by atoms with Gasteiger partial charge in [-0.2, -0.15) is 0 Å². The van der Waals surface area contributed by atoms with Crippen molar-refractivity contribution in [3.05, 3.63) is 71.9 Å². The van der Waals surface area contributed by atoms with Crippen LogP contribution in [0, 0.1) is 5.82 Å². The highest BCUT2D eigenvalue weighted by Gasteiger charge is 2.04. The lowest BCUT2D eigenvalue weighted by Gasteiger charge is -2.04. The van der Waals surface area contributed by atoms with Gasteiger partial charge in [0.05, 0.1) is 5.69 Å². The highest BCUT2D eigenvalue weighted by molar-refractivity contribution is 5.76. The number of amides is 1. The first-order valence-corrected chi connectivity index (χ1v) is 7.64. The van der Waals surface area contributed by atoms with E-state index in [0.29, 0.717) is 25.8 Å². The van der Waals surface area contributed by atoms with Gasteiger partial charge in [0, 0.05) is 31.8 Å². The van der Waals surface area contributed by atoms with Crippen LogP contribution in [0.3, 0.4) is 0 Å². The number of aryl methyl sites for hydroxylation is 1. The molecular weight excluding hydrogens is 293 g/mol. The molecule has 0 bridgehead atoms. The second-order valence-electron chi connectivity index (χ2n) is 5.42. The van der Waals surface area contributed by atoms with Gasteiger partial charge in [-0.3, -0.25) is 4.79 Å². The van der Waals surface area contributed by atoms with Gasteiger partial charge in [0.1, 0.15) is 11.5 Å². The number of nitrogens with zero attached hydrogens (tertiary/aromatic N) is 2. The zero-order valence-electron chi connectivity index (χ0n) is 12.7. The van der Waals surface area contributed by atoms with E-state index in [-0.39, 0.29) is 11.7 Å². The van der Waals surface area contributed by atoms with Crippen molar-refractivity contribution in [3.63, 3.8) is 0 Å². The van der Waals surface area contributed by atoms with Crippen LogP contribution < -0.4 is 5.32 Å². The molecule has 0 saturated carbocycles. The van der Waals surface area contributed by atoms with Gasteiger partial charge in [-0.15, -0.1) is 0 Å². The largest absolute Gasteiger partial charge is 0.356 e. The summed E-state index contributed by atoms with van der Waals surface area (Å²) in [4.78, 5) is 16.3. The lowest BCUT2D eigenvalue weighted by Crippen LogP contribution is -2.25. The first-order valence-electron chi connectivity index (χ1n) is 7.64. The molecule has 0 aliphatic heterocycles. The van der Waals surface area contributed by atoms with E-state index in [9.17, 15) is 9.18 Å². The number of aromatic nitrogens is 2. The summed E-state index contributed by atoms with van der Waals surface area (Å²) < 4.78 is 14.8. The second-order valence-corrected chi connectivity index (χ2v) is 5.42. The zero-order valence-corrected chi connectivity index (χ0v) is 12.7. The van der Waals surface area contributed by atoms with Crippen LogP contribution in [0.1, 0.15) is 17.7 Å². The van der Waals surface area contributed by atoms with Crippen LogP contribution in [0.25, 0.3) is 5.65 Å². The Morgan fingerprint density at radius 2 is 1.96 bits per heavy atom. The van der Waals surface area contributed by atoms with Crippen molar-refractivity contribution in [3.8, 4) is 0 Å². The number of halogens is 1. The Hall–Kier alpha value is -2.69. The predicted molar refractivity (Wildman–Crippen MR) is 86.6 cm³/mol. The molecule has 0 unspecified atom stereocenters. The van der Waals surface area contributed by atoms with Gasteiger partial charge in [0.15, 0.2) is 0 Å². The summed E-state index contributed by atoms with van der Waals surface area (Å²) in [5.74, 6) is -0.260. The second kappa shape index (κ2) is 7.05. The number of nitrogens with one attached hydrogen (secondary N) is 1. The van der Waals surface area contributed by atoms with Crippen LogP contribution in [0.15, 0.2) is 54.9 Å². The van der Waals surface area contributed by atoms with Crippen LogP contribution in [0.2, 0.25) is 0 Å². The molecule has 118 valence electrons. The van der Waals surface area contributed by atoms with Crippen LogP contribution in [0.4, 0.5) is 4.39 Å². The summed E-state index contributed by atoms with van der Waals surface area (Å²) in [5.41, 5.74) is 2.82. The summed E-state index contributed by atoms with van der Waals surface area (Å²) in [6.45, 7) is 0.562. The number of carbonyl (C=O) groups excluding carboxylic acids is 1. The van der Waals surface area contributed by atoms with Crippen molar-refractivity contribution in [2.75, 3.05) is 6.54 Å². The first-order chi connectivity index (χ1) is 11.2. The molecule has 2 heterocycles. The molecule has 1 amide bonds. The van der Waals surface area contributed by atoms with Gasteiger partial charge in [0.25, 0.3) is 0 Å². The maximum atomic E-state index is 12.8. The quantitative estimate of drug-likeness (QED) is 0.761. The molecule has 0 spiro atoms. The van der Waals surface area contributed by atoms with E-state index in [1.807, 2.05) is 35.0 Å². The normalized spacial score (nSPS) is 10.8. The summed E-state index contributed by atoms with van der Waals surface area (Å²) in [5, 5.41) is 2.89. The standard InChI is InChI=1S/C18H18FN3O/c19-15-7-4-14(5-8-15)6-9-18(23)20-11-10-16-13-22-12-2-1-3-17(22)21-16/h1-5,7-8,12-13H,6,9-11H2,(H,20,23). The minimum atomic E-state index is -0.259. The number of hydrogen-bond donors (Lipinski definition) is 1. The number of carbonyl (C=O) groups is 1. The molecule has 0 radical (unpaired) electrons. The maximum absolute atomic E-state index is 12.8. The van der Waals surface area contributed by atoms with E-state index in [1.165, 1.54) is 12.1 Å². The first kappa shape index (κ1) is 15.2. The predicted octanol–water partition coefficient (Wildman–Crippen LogP) is 2.76. The molecule has 0 atom stereocenters. The van der Waals surface area contributed by atoms with Gasteiger partial charge in [-0.05, 0) is 36.2 Å². The SMILES string of the molecule is O=C(CCc1ccc(F)cc1)NCCc1cn2ccccc2n1. The van der Waals surface area contributed by atoms with E-state index >= 15 is 0 Å². The van der Waals surface area contributed by atoms with Crippen LogP contribution in [0.5, 0.6) is 0 Å². The smallest absolute Gasteiger partial charge is 0.220 e. The Balaban J connectivity index is 1.43. The maximum Gasteiger partial charge on any atom is 0.220 e. The number of imidazole rings is 1. The van der Waals surface area contributed by atoms with E-state index in [2.05, 4.69) is 10.3 Å². The van der Waals surface area contributed by atoms with E-state index in [0.717, 1.165) is 16.9 Å². The Kier molecular flexibility index (Phi) is 4.66. The van der Waals surface area contributed by atoms with Gasteiger partial charge in [-0.25, -0.2) is 9.37 Å². The molecule has 0 aliphatic rings. The minimum Gasteiger partial charge on any atom is -0.356 e. The lowest BCUT2D eigenvalue weighted by molar-refractivity contribution is -0.121. The van der Waals surface area contributed by atoms with Crippen molar-refractivity contribution in [2.24, 2.45) is 0 Å². The van der Waals surface area contributed by atoms with Crippen molar-refractivity contribution < 1.29 is 9.18 Å². The molecule has 0 fully saturated rings. The Bertz CT molecular complexity index is 762. The van der Waals surface area contributed by atoms with Crippen LogP contribution in [-0.2, 0) is 17.6 Å². The van der Waals surface area contributed by atoms with Crippen molar-refractivity contribution >= 4 is 11.6 Å². The molecule has 0 saturated heterocycles. The lowest BCUT2D eigenvalue weighted by atomic mass is 10.1. The van der Waals surface area contributed by atoms with E-state index in [4.69, 9.17) is 0 Å². The topological polar surface area (TPSA) is 46.4 Å². The van der Waals surface area contributed by atoms with Crippen molar-refractivity contribution in [2.45, 2.75) is 19.3 Å². The fraction of sp³-hybridized carbons (Fsp3) is 0.222. The third-order valence-corrected chi connectivity index (χ3v) is 3.67. The molecule has 5 heteroatoms. The fourth-order valence-corrected chi connectivity index (χ4v) is 2.43. The third-order valence-electron chi connectivity index (χ3n) is 3.67. The molecule has 23 heavy (non-hydrogen) atoms. The summed E-state index contributed by atoms with van der Waals surface area (Å²) >= 11 is 0. The summed E-state index contributed by atoms with van der Waals surface area (Å²) in [6, 6.07) is 12.1. The number of hydrogen-bond acceptors (Lipinski definition) is 2. The fourth-order valence-electron chi connectivity index (χ4n) is 2.43. The Labute approximate surface area is 134 Å². The minimum absolute atomic E-state index is 0.00177. The molecule has 1 N–H and O–H groups in total. The molecule has 1 aromatic carbocycles. The van der Waals surface area contributed by atoms with Gasteiger partial charge in [0.2, 0.25) is 5.91 Å². The number of benzene rings is 1. The van der Waals surface area contributed by atoms with Gasteiger partial charge >= 0.3 is 0 Å².